The van der Waals surface area contributed by atoms with Gasteiger partial charge in [-0.05, 0) is 37.6 Å². The Morgan fingerprint density at radius 3 is 1.34 bits per heavy atom. The minimum absolute atomic E-state index is 0.274. The fourth-order valence-electron chi connectivity index (χ4n) is 4.09. The summed E-state index contributed by atoms with van der Waals surface area (Å²) < 4.78 is 0. The lowest BCUT2D eigenvalue weighted by Crippen LogP contribution is -2.39. The topological polar surface area (TPSA) is 43.7 Å². The number of unbranched alkanes of at least 4 members (excludes halogenated alkanes) is 9. The van der Waals surface area contributed by atoms with Crippen LogP contribution in [0.25, 0.3) is 0 Å². The van der Waals surface area contributed by atoms with Gasteiger partial charge in [-0.1, -0.05) is 105 Å². The van der Waals surface area contributed by atoms with E-state index in [2.05, 4.69) is 39.5 Å². The van der Waals surface area contributed by atoms with Gasteiger partial charge in [0, 0.05) is 13.1 Å². The van der Waals surface area contributed by atoms with Gasteiger partial charge in [-0.2, -0.15) is 0 Å². The average molecular weight is 414 g/mol. The molecule has 3 nitrogen and oxygen atoms in total. The molecule has 0 aromatic carbocycles. The van der Waals surface area contributed by atoms with Crippen LogP contribution in [-0.4, -0.2) is 47.0 Å². The Morgan fingerprint density at radius 2 is 0.966 bits per heavy atom. The summed E-state index contributed by atoms with van der Waals surface area (Å²) in [6.45, 7) is 13.5. The fourth-order valence-corrected chi connectivity index (χ4v) is 4.09. The third kappa shape index (κ3) is 18.4. The van der Waals surface area contributed by atoms with E-state index in [-0.39, 0.29) is 12.2 Å². The molecule has 0 rings (SSSR count). The maximum Gasteiger partial charge on any atom is 0.0669 e. The van der Waals surface area contributed by atoms with Crippen LogP contribution in [0.2, 0.25) is 0 Å². The molecule has 4 atom stereocenters. The number of nitrogens with zero attached hydrogens (tertiary/aromatic N) is 1. The van der Waals surface area contributed by atoms with Crippen molar-refractivity contribution in [3.05, 3.63) is 0 Å². The number of rotatable bonds is 21. The van der Waals surface area contributed by atoms with Crippen molar-refractivity contribution in [3.63, 3.8) is 0 Å². The van der Waals surface area contributed by atoms with Crippen LogP contribution < -0.4 is 0 Å². The zero-order valence-corrected chi connectivity index (χ0v) is 20.7. The Morgan fingerprint density at radius 1 is 0.586 bits per heavy atom. The first kappa shape index (κ1) is 28.9. The molecule has 0 aliphatic carbocycles. The van der Waals surface area contributed by atoms with Crippen molar-refractivity contribution >= 4 is 0 Å². The zero-order chi connectivity index (χ0) is 21.9. The Hall–Kier alpha value is -0.120. The summed E-state index contributed by atoms with van der Waals surface area (Å²) in [5, 5.41) is 21.0. The van der Waals surface area contributed by atoms with Crippen LogP contribution in [0.4, 0.5) is 0 Å². The molecule has 176 valence electrons. The van der Waals surface area contributed by atoms with Crippen molar-refractivity contribution in [2.24, 2.45) is 11.8 Å². The van der Waals surface area contributed by atoms with Crippen LogP contribution >= 0.6 is 0 Å². The highest BCUT2D eigenvalue weighted by molar-refractivity contribution is 4.72. The molecule has 2 N–H and O–H groups in total. The van der Waals surface area contributed by atoms with E-state index in [1.165, 1.54) is 64.2 Å². The van der Waals surface area contributed by atoms with E-state index in [0.717, 1.165) is 32.2 Å². The van der Waals surface area contributed by atoms with Gasteiger partial charge in [0.1, 0.15) is 0 Å². The second-order valence-corrected chi connectivity index (χ2v) is 9.75. The minimum atomic E-state index is -0.274. The number of hydrogen-bond donors (Lipinski definition) is 2. The van der Waals surface area contributed by atoms with Crippen LogP contribution in [0.1, 0.15) is 125 Å². The van der Waals surface area contributed by atoms with Crippen LogP contribution in [0.15, 0.2) is 0 Å². The molecular formula is C26H55NO2. The molecule has 0 saturated heterocycles. The van der Waals surface area contributed by atoms with E-state index < -0.39 is 0 Å². The van der Waals surface area contributed by atoms with Gasteiger partial charge >= 0.3 is 0 Å². The average Bonchev–Trinajstić information content (AvgIpc) is 2.68. The maximum absolute atomic E-state index is 10.5. The second kappa shape index (κ2) is 19.8. The lowest BCUT2D eigenvalue weighted by molar-refractivity contribution is 0.0502. The highest BCUT2D eigenvalue weighted by atomic mass is 16.3. The molecule has 0 saturated carbocycles. The van der Waals surface area contributed by atoms with E-state index >= 15 is 0 Å². The molecule has 0 amide bonds. The maximum atomic E-state index is 10.5. The van der Waals surface area contributed by atoms with Gasteiger partial charge in [0.2, 0.25) is 0 Å². The molecule has 0 bridgehead atoms. The Labute approximate surface area is 183 Å². The molecular weight excluding hydrogens is 358 g/mol. The summed E-state index contributed by atoms with van der Waals surface area (Å²) in [5.74, 6) is 1.13. The Kier molecular flexibility index (Phi) is 19.7. The first-order chi connectivity index (χ1) is 13.9. The van der Waals surface area contributed by atoms with Gasteiger partial charge in [-0.25, -0.2) is 0 Å². The minimum Gasteiger partial charge on any atom is -0.392 e. The van der Waals surface area contributed by atoms with E-state index in [1.807, 2.05) is 0 Å². The van der Waals surface area contributed by atoms with Crippen LogP contribution in [0.3, 0.4) is 0 Å². The van der Waals surface area contributed by atoms with E-state index in [0.29, 0.717) is 24.9 Å². The van der Waals surface area contributed by atoms with Crippen molar-refractivity contribution in [2.45, 2.75) is 137 Å². The van der Waals surface area contributed by atoms with Crippen molar-refractivity contribution in [3.8, 4) is 0 Å². The van der Waals surface area contributed by atoms with Gasteiger partial charge < -0.3 is 10.2 Å². The predicted octanol–water partition coefficient (Wildman–Crippen LogP) is 6.80. The lowest BCUT2D eigenvalue weighted by atomic mass is 9.99. The third-order valence-corrected chi connectivity index (χ3v) is 6.51. The first-order valence-corrected chi connectivity index (χ1v) is 13.0. The summed E-state index contributed by atoms with van der Waals surface area (Å²) in [5.41, 5.74) is 0. The normalized spacial score (nSPS) is 16.1. The predicted molar refractivity (Wildman–Crippen MR) is 128 cm³/mol. The van der Waals surface area contributed by atoms with Crippen molar-refractivity contribution < 1.29 is 10.2 Å². The molecule has 0 spiro atoms. The fraction of sp³-hybridized carbons (Fsp3) is 1.00. The van der Waals surface area contributed by atoms with E-state index in [4.69, 9.17) is 0 Å². The molecule has 0 aromatic heterocycles. The number of aliphatic hydroxyl groups excluding tert-OH is 2. The summed E-state index contributed by atoms with van der Waals surface area (Å²) in [6.07, 6.45) is 16.9. The van der Waals surface area contributed by atoms with Gasteiger partial charge in [0.25, 0.3) is 0 Å². The smallest absolute Gasteiger partial charge is 0.0669 e. The third-order valence-electron chi connectivity index (χ3n) is 6.51. The monoisotopic (exact) mass is 413 g/mol. The largest absolute Gasteiger partial charge is 0.392 e. The van der Waals surface area contributed by atoms with Crippen molar-refractivity contribution in [1.82, 2.24) is 4.90 Å². The number of aliphatic hydroxyl groups is 2. The number of hydrogen-bond acceptors (Lipinski definition) is 3. The highest BCUT2D eigenvalue weighted by Crippen LogP contribution is 2.15. The molecule has 0 fully saturated rings. The molecule has 0 heterocycles. The lowest BCUT2D eigenvalue weighted by Gasteiger charge is -2.29. The summed E-state index contributed by atoms with van der Waals surface area (Å²) in [4.78, 5) is 2.32. The Bertz CT molecular complexity index is 317. The van der Waals surface area contributed by atoms with Crippen LogP contribution in [0, 0.1) is 11.8 Å². The van der Waals surface area contributed by atoms with Crippen LogP contribution in [0.5, 0.6) is 0 Å². The van der Waals surface area contributed by atoms with E-state index in [9.17, 15) is 10.2 Å². The summed E-state index contributed by atoms with van der Waals surface area (Å²) >= 11 is 0. The molecule has 3 heteroatoms. The van der Waals surface area contributed by atoms with Crippen molar-refractivity contribution in [2.75, 3.05) is 19.6 Å². The molecule has 29 heavy (non-hydrogen) atoms. The molecule has 0 aliphatic rings. The quantitative estimate of drug-likeness (QED) is 0.203. The molecule has 0 aromatic rings. The zero-order valence-electron chi connectivity index (χ0n) is 20.7. The van der Waals surface area contributed by atoms with Gasteiger partial charge in [-0.15, -0.1) is 0 Å². The molecule has 0 aliphatic heterocycles. The van der Waals surface area contributed by atoms with Gasteiger partial charge in [-0.3, -0.25) is 4.90 Å². The SMILES string of the molecule is CCCCCCCCCCCCN(CC(O)CC(C)CC)CC(O)CC(C)CC. The summed E-state index contributed by atoms with van der Waals surface area (Å²) in [6, 6.07) is 0. The van der Waals surface area contributed by atoms with Gasteiger partial charge in [0.15, 0.2) is 0 Å². The second-order valence-electron chi connectivity index (χ2n) is 9.75. The highest BCUT2D eigenvalue weighted by Gasteiger charge is 2.18. The Balaban J connectivity index is 4.16. The van der Waals surface area contributed by atoms with Crippen molar-refractivity contribution in [1.29, 1.82) is 0 Å². The summed E-state index contributed by atoms with van der Waals surface area (Å²) in [7, 11) is 0. The van der Waals surface area contributed by atoms with E-state index in [1.54, 1.807) is 0 Å². The first-order valence-electron chi connectivity index (χ1n) is 13.0. The van der Waals surface area contributed by atoms with Crippen LogP contribution in [-0.2, 0) is 0 Å². The molecule has 0 radical (unpaired) electrons. The standard InChI is InChI=1S/C26H55NO2/c1-6-9-10-11-12-13-14-15-16-17-18-27(21-25(28)19-23(4)7-2)22-26(29)20-24(5)8-3/h23-26,28-29H,6-22H2,1-5H3. The molecule has 4 unspecified atom stereocenters. The van der Waals surface area contributed by atoms with Gasteiger partial charge in [0.05, 0.1) is 12.2 Å².